The van der Waals surface area contributed by atoms with Gasteiger partial charge in [-0.25, -0.2) is 19.3 Å². The van der Waals surface area contributed by atoms with Gasteiger partial charge in [0, 0.05) is 77.2 Å². The quantitative estimate of drug-likeness (QED) is 0.165. The zero-order valence-electron chi connectivity index (χ0n) is 30.3. The van der Waals surface area contributed by atoms with Gasteiger partial charge in [-0.2, -0.15) is 18.4 Å². The van der Waals surface area contributed by atoms with Crippen LogP contribution in [0.4, 0.5) is 23.4 Å². The summed E-state index contributed by atoms with van der Waals surface area (Å²) in [4.78, 5) is 31.2. The molecule has 11 rings (SSSR count). The number of nitrogens with one attached hydrogen (secondary N) is 1. The Morgan fingerprint density at radius 1 is 1.07 bits per heavy atom. The number of likely N-dealkylation sites (tertiary alicyclic amines) is 1. The second-order valence-electron chi connectivity index (χ2n) is 16.1. The molecule has 5 aromatic rings. The number of hydrogen-bond donors (Lipinski definition) is 1. The lowest BCUT2D eigenvalue weighted by atomic mass is 9.79. The van der Waals surface area contributed by atoms with Gasteiger partial charge in [0.05, 0.1) is 52.2 Å². The first-order valence-corrected chi connectivity index (χ1v) is 19.9. The van der Waals surface area contributed by atoms with Crippen LogP contribution in [0.3, 0.4) is 0 Å². The predicted octanol–water partition coefficient (Wildman–Crippen LogP) is 8.60. The van der Waals surface area contributed by atoms with E-state index in [4.69, 9.17) is 28.2 Å². The molecule has 6 atom stereocenters. The number of benzene rings is 2. The van der Waals surface area contributed by atoms with E-state index in [1.807, 2.05) is 17.9 Å². The van der Waals surface area contributed by atoms with Crippen molar-refractivity contribution in [1.29, 1.82) is 5.26 Å². The summed E-state index contributed by atoms with van der Waals surface area (Å²) in [5.74, 6) is 0.112. The van der Waals surface area contributed by atoms with E-state index in [2.05, 4.69) is 36.9 Å². The fourth-order valence-corrected chi connectivity index (χ4v) is 10.5. The monoisotopic (exact) mass is 802 g/mol. The minimum Gasteiger partial charge on any atom is -0.353 e. The number of aryl methyl sites for hydroxylation is 2. The number of alkyl halides is 3. The zero-order chi connectivity index (χ0) is 38.8. The number of nitriles is 1. The molecular formula is C41H36Cl2F4N8O. The van der Waals surface area contributed by atoms with Gasteiger partial charge in [0.25, 0.3) is 0 Å². The topological polar surface area (TPSA) is 103 Å². The Balaban J connectivity index is 1.18. The van der Waals surface area contributed by atoms with Gasteiger partial charge in [0.1, 0.15) is 11.3 Å². The number of aromatic nitrogens is 4. The summed E-state index contributed by atoms with van der Waals surface area (Å²) in [6.45, 7) is 3.62. The van der Waals surface area contributed by atoms with Crippen LogP contribution < -0.4 is 10.2 Å². The van der Waals surface area contributed by atoms with Crippen LogP contribution in [0.2, 0.25) is 10.0 Å². The molecule has 1 N–H and O–H groups in total. The lowest BCUT2D eigenvalue weighted by Crippen LogP contribution is -2.45. The normalized spacial score (nSPS) is 25.6. The molecule has 4 saturated heterocycles. The van der Waals surface area contributed by atoms with Crippen molar-refractivity contribution in [3.63, 3.8) is 0 Å². The molecule has 2 aliphatic carbocycles. The summed E-state index contributed by atoms with van der Waals surface area (Å²) in [5.41, 5.74) is 2.90. The lowest BCUT2D eigenvalue weighted by molar-refractivity contribution is -0.141. The average Bonchev–Trinajstić information content (AvgIpc) is 3.46. The predicted molar refractivity (Wildman–Crippen MR) is 204 cm³/mol. The smallest absolute Gasteiger partial charge is 0.353 e. The summed E-state index contributed by atoms with van der Waals surface area (Å²) in [5, 5.41) is 15.3. The van der Waals surface area contributed by atoms with Crippen molar-refractivity contribution in [2.75, 3.05) is 24.5 Å². The molecule has 9 nitrogen and oxygen atoms in total. The number of fused-ring (bicyclic) bond motifs is 6. The molecule has 288 valence electrons. The molecule has 7 heterocycles. The van der Waals surface area contributed by atoms with Crippen LogP contribution in [0.5, 0.6) is 0 Å². The van der Waals surface area contributed by atoms with Gasteiger partial charge in [0.2, 0.25) is 5.91 Å². The van der Waals surface area contributed by atoms with Crippen LogP contribution >= 0.6 is 23.2 Å². The second kappa shape index (κ2) is 13.0. The number of carbonyl (C=O) groups is 1. The number of halogens is 6. The SMILES string of the molecule is Cc1nc2c(F)c(-c3cccc(Cl)c3Cl)c(CCC#N)cc2c2c1cc(C1C3CC(CN(c4cnc(C(F)(F)F)cn4)C3)N1C(=O)C1CC1)n2C1C2CNC1C2. The van der Waals surface area contributed by atoms with Crippen molar-refractivity contribution in [2.45, 2.75) is 75.8 Å². The van der Waals surface area contributed by atoms with E-state index in [-0.39, 0.29) is 75.9 Å². The number of nitrogens with zero attached hydrogens (tertiary/aromatic N) is 7. The molecule has 0 spiro atoms. The standard InChI is InChI=1S/C41H36Cl2F4N8O/c1-19-26-13-30(38-23-10-24(54(38)40(56)20-7-8-20)18-53(17-23)32-16-50-31(15-51-32)41(45,46)47)55(37-22-12-29(37)49-14-22)39(26)27-11-21(4-3-9-48)33(35(44)36(27)52-19)25-5-2-6-28(42)34(25)43/h2,5-6,11,13,15-16,20,22-24,29,37-38,49H,3-4,7-8,10,12,14,17-18H2,1H3. The zero-order valence-corrected chi connectivity index (χ0v) is 31.8. The highest BCUT2D eigenvalue weighted by molar-refractivity contribution is 6.43. The van der Waals surface area contributed by atoms with Gasteiger partial charge in [-0.1, -0.05) is 35.3 Å². The van der Waals surface area contributed by atoms with E-state index in [1.165, 1.54) is 6.20 Å². The van der Waals surface area contributed by atoms with E-state index in [0.717, 1.165) is 55.0 Å². The Hall–Kier alpha value is -4.51. The molecule has 1 amide bonds. The van der Waals surface area contributed by atoms with E-state index >= 15 is 4.39 Å². The largest absolute Gasteiger partial charge is 0.434 e. The number of pyridine rings is 1. The Morgan fingerprint density at radius 2 is 1.89 bits per heavy atom. The maximum Gasteiger partial charge on any atom is 0.434 e. The number of rotatable bonds is 7. The summed E-state index contributed by atoms with van der Waals surface area (Å²) in [6, 6.07) is 11.1. The van der Waals surface area contributed by atoms with Crippen molar-refractivity contribution in [3.8, 4) is 17.2 Å². The highest BCUT2D eigenvalue weighted by atomic mass is 35.5. The maximum absolute atomic E-state index is 17.3. The molecule has 15 heteroatoms. The van der Waals surface area contributed by atoms with Crippen LogP contribution in [0.25, 0.3) is 32.9 Å². The Morgan fingerprint density at radius 3 is 2.57 bits per heavy atom. The number of hydrogen-bond acceptors (Lipinski definition) is 7. The third-order valence-electron chi connectivity index (χ3n) is 12.8. The average molecular weight is 804 g/mol. The van der Waals surface area contributed by atoms with E-state index in [1.54, 1.807) is 18.2 Å². The van der Waals surface area contributed by atoms with Crippen LogP contribution in [-0.4, -0.2) is 62.0 Å². The Bertz CT molecular complexity index is 2480. The first kappa shape index (κ1) is 35.9. The van der Waals surface area contributed by atoms with Crippen molar-refractivity contribution in [1.82, 2.24) is 29.7 Å². The van der Waals surface area contributed by atoms with Gasteiger partial charge >= 0.3 is 6.18 Å². The van der Waals surface area contributed by atoms with E-state index < -0.39 is 17.7 Å². The molecular weight excluding hydrogens is 767 g/mol. The fraction of sp³-hybridized carbons (Fsp3) is 0.439. The van der Waals surface area contributed by atoms with Crippen LogP contribution in [0, 0.1) is 41.8 Å². The third-order valence-corrected chi connectivity index (χ3v) is 13.6. The van der Waals surface area contributed by atoms with Crippen molar-refractivity contribution >= 4 is 56.7 Å². The van der Waals surface area contributed by atoms with Gasteiger partial charge in [-0.05, 0) is 68.7 Å². The first-order valence-electron chi connectivity index (χ1n) is 19.1. The summed E-state index contributed by atoms with van der Waals surface area (Å²) >= 11 is 13.1. The van der Waals surface area contributed by atoms with Gasteiger partial charge < -0.3 is 19.7 Å². The minimum absolute atomic E-state index is 0.0513. The number of carbonyl (C=O) groups excluding carboxylic acids is 1. The number of piperidine rings is 1. The molecule has 56 heavy (non-hydrogen) atoms. The second-order valence-corrected chi connectivity index (χ2v) is 16.8. The number of anilines is 1. The van der Waals surface area contributed by atoms with E-state index in [9.17, 15) is 23.2 Å². The molecule has 4 aliphatic heterocycles. The van der Waals surface area contributed by atoms with Crippen molar-refractivity contribution in [2.24, 2.45) is 17.8 Å². The lowest BCUT2D eigenvalue weighted by Gasteiger charge is -2.40. The molecule has 2 aromatic carbocycles. The maximum atomic E-state index is 17.3. The first-order chi connectivity index (χ1) is 26.9. The molecule has 4 bridgehead atoms. The minimum atomic E-state index is -4.60. The van der Waals surface area contributed by atoms with Crippen molar-refractivity contribution in [3.05, 3.63) is 81.2 Å². The Labute approximate surface area is 329 Å². The molecule has 3 aromatic heterocycles. The highest BCUT2D eigenvalue weighted by Gasteiger charge is 2.55. The summed E-state index contributed by atoms with van der Waals surface area (Å²) in [6.07, 6.45) is 1.17. The summed E-state index contributed by atoms with van der Waals surface area (Å²) in [7, 11) is 0. The fourth-order valence-electron chi connectivity index (χ4n) is 10.1. The van der Waals surface area contributed by atoms with Crippen LogP contribution in [0.1, 0.15) is 66.8 Å². The molecule has 2 saturated carbocycles. The summed E-state index contributed by atoms with van der Waals surface area (Å²) < 4.78 is 59.8. The third kappa shape index (κ3) is 5.50. The molecule has 6 fully saturated rings. The van der Waals surface area contributed by atoms with Crippen LogP contribution in [0.15, 0.2) is 42.7 Å². The molecule has 6 aliphatic rings. The number of amides is 1. The van der Waals surface area contributed by atoms with Gasteiger partial charge in [-0.15, -0.1) is 0 Å². The van der Waals surface area contributed by atoms with Gasteiger partial charge in [-0.3, -0.25) is 4.79 Å². The van der Waals surface area contributed by atoms with Crippen molar-refractivity contribution < 1.29 is 22.4 Å². The molecule has 0 radical (unpaired) electrons. The van der Waals surface area contributed by atoms with E-state index in [0.29, 0.717) is 47.0 Å². The van der Waals surface area contributed by atoms with Gasteiger partial charge in [0.15, 0.2) is 11.5 Å². The highest BCUT2D eigenvalue weighted by Crippen LogP contribution is 2.54. The molecule has 6 unspecified atom stereocenters. The van der Waals surface area contributed by atoms with Crippen LogP contribution in [-0.2, 0) is 17.4 Å². The Kier molecular flexibility index (Phi) is 8.33.